The Morgan fingerprint density at radius 3 is 3.22 bits per heavy atom. The fraction of sp³-hybridized carbons (Fsp3) is 0.727. The number of nitrogens with zero attached hydrogens (tertiary/aromatic N) is 4. The number of carbonyl (C=O) groups is 1. The van der Waals surface area contributed by atoms with E-state index >= 15 is 0 Å². The normalized spacial score (nSPS) is 21.1. The number of carboxylic acid groups (broad SMARTS) is 1. The zero-order valence-electron chi connectivity index (χ0n) is 10.4. The predicted molar refractivity (Wildman–Crippen MR) is 69.5 cm³/mol. The Morgan fingerprint density at radius 1 is 1.67 bits per heavy atom. The van der Waals surface area contributed by atoms with E-state index < -0.39 is 12.0 Å². The maximum absolute atomic E-state index is 11.2. The molecule has 0 radical (unpaired) electrons. The molecule has 7 heteroatoms. The minimum Gasteiger partial charge on any atom is -0.480 e. The lowest BCUT2D eigenvalue weighted by Gasteiger charge is -2.31. The number of carboxylic acids is 1. The Bertz CT molecular complexity index is 410. The minimum atomic E-state index is -0.747. The Balaban J connectivity index is 2.06. The number of aryl methyl sites for hydroxylation is 1. The van der Waals surface area contributed by atoms with Crippen molar-refractivity contribution >= 4 is 17.7 Å². The van der Waals surface area contributed by atoms with Crippen molar-refractivity contribution in [3.63, 3.8) is 0 Å². The van der Waals surface area contributed by atoms with E-state index in [1.807, 2.05) is 9.58 Å². The quantitative estimate of drug-likeness (QED) is 0.849. The van der Waals surface area contributed by atoms with Gasteiger partial charge >= 0.3 is 5.97 Å². The molecular weight excluding hydrogens is 252 g/mol. The van der Waals surface area contributed by atoms with Gasteiger partial charge in [-0.05, 0) is 6.42 Å². The molecule has 18 heavy (non-hydrogen) atoms. The molecule has 2 rings (SSSR count). The van der Waals surface area contributed by atoms with Gasteiger partial charge in [0.15, 0.2) is 0 Å². The molecule has 1 aromatic rings. The summed E-state index contributed by atoms with van der Waals surface area (Å²) in [6, 6.07) is -0.407. The maximum atomic E-state index is 11.2. The minimum absolute atomic E-state index is 0.407. The number of hydrogen-bond acceptors (Lipinski definition) is 5. The molecule has 1 unspecified atom stereocenters. The lowest BCUT2D eigenvalue weighted by Crippen LogP contribution is -2.47. The molecule has 6 nitrogen and oxygen atoms in total. The van der Waals surface area contributed by atoms with Gasteiger partial charge in [-0.15, -0.1) is 0 Å². The van der Waals surface area contributed by atoms with Gasteiger partial charge < -0.3 is 5.11 Å². The highest BCUT2D eigenvalue weighted by Gasteiger charge is 2.29. The highest BCUT2D eigenvalue weighted by molar-refractivity contribution is 7.99. The number of thioether (sulfide) groups is 1. The molecular formula is C11H18N4O2S. The molecule has 0 aromatic carbocycles. The van der Waals surface area contributed by atoms with Crippen LogP contribution >= 0.6 is 11.8 Å². The van der Waals surface area contributed by atoms with Gasteiger partial charge in [-0.2, -0.15) is 16.9 Å². The van der Waals surface area contributed by atoms with E-state index in [0.29, 0.717) is 12.3 Å². The second-order valence-electron chi connectivity index (χ2n) is 4.30. The third-order valence-corrected chi connectivity index (χ3v) is 4.02. The molecule has 0 aliphatic carbocycles. The summed E-state index contributed by atoms with van der Waals surface area (Å²) in [6.07, 6.45) is 2.54. The van der Waals surface area contributed by atoms with Gasteiger partial charge in [-0.25, -0.2) is 9.67 Å². The van der Waals surface area contributed by atoms with Crippen molar-refractivity contribution in [2.75, 3.05) is 18.1 Å². The molecule has 0 saturated carbocycles. The van der Waals surface area contributed by atoms with E-state index in [1.165, 1.54) is 0 Å². The van der Waals surface area contributed by atoms with E-state index in [9.17, 15) is 9.90 Å². The van der Waals surface area contributed by atoms with E-state index in [0.717, 1.165) is 31.1 Å². The SMILES string of the molecule is CCCn1ncnc1CN1CCSCC1C(=O)O. The molecule has 1 atom stereocenters. The van der Waals surface area contributed by atoms with Crippen molar-refractivity contribution in [3.05, 3.63) is 12.2 Å². The molecule has 1 aromatic heterocycles. The van der Waals surface area contributed by atoms with Crippen LogP contribution in [0.1, 0.15) is 19.2 Å². The first-order chi connectivity index (χ1) is 8.72. The van der Waals surface area contributed by atoms with Crippen LogP contribution in [-0.4, -0.2) is 54.8 Å². The van der Waals surface area contributed by atoms with Crippen LogP contribution in [0.3, 0.4) is 0 Å². The van der Waals surface area contributed by atoms with Crippen molar-refractivity contribution in [3.8, 4) is 0 Å². The van der Waals surface area contributed by atoms with Crippen LogP contribution in [0.4, 0.5) is 0 Å². The molecule has 0 spiro atoms. The van der Waals surface area contributed by atoms with Crippen LogP contribution in [0.25, 0.3) is 0 Å². The molecule has 1 N–H and O–H groups in total. The summed E-state index contributed by atoms with van der Waals surface area (Å²) < 4.78 is 1.86. The standard InChI is InChI=1S/C11H18N4O2S/c1-2-3-15-10(12-8-13-15)6-14-4-5-18-7-9(14)11(16)17/h8-9H,2-7H2,1H3,(H,16,17). The van der Waals surface area contributed by atoms with Gasteiger partial charge in [0, 0.05) is 24.6 Å². The van der Waals surface area contributed by atoms with Gasteiger partial charge in [0.2, 0.25) is 0 Å². The lowest BCUT2D eigenvalue weighted by molar-refractivity contribution is -0.142. The van der Waals surface area contributed by atoms with Crippen molar-refractivity contribution in [2.45, 2.75) is 32.5 Å². The van der Waals surface area contributed by atoms with Crippen molar-refractivity contribution in [2.24, 2.45) is 0 Å². The number of hydrogen-bond donors (Lipinski definition) is 1. The molecule has 0 bridgehead atoms. The molecule has 0 amide bonds. The smallest absolute Gasteiger partial charge is 0.321 e. The second kappa shape index (κ2) is 6.19. The first kappa shape index (κ1) is 13.4. The van der Waals surface area contributed by atoms with Crippen LogP contribution in [0.2, 0.25) is 0 Å². The fourth-order valence-electron chi connectivity index (χ4n) is 2.05. The second-order valence-corrected chi connectivity index (χ2v) is 5.45. The molecule has 1 aliphatic heterocycles. The van der Waals surface area contributed by atoms with Crippen LogP contribution in [0.5, 0.6) is 0 Å². The predicted octanol–water partition coefficient (Wildman–Crippen LogP) is 0.690. The topological polar surface area (TPSA) is 71.2 Å². The summed E-state index contributed by atoms with van der Waals surface area (Å²) in [4.78, 5) is 17.4. The van der Waals surface area contributed by atoms with Gasteiger partial charge in [0.1, 0.15) is 18.2 Å². The Labute approximate surface area is 110 Å². The summed E-state index contributed by atoms with van der Waals surface area (Å²) in [5.41, 5.74) is 0. The van der Waals surface area contributed by atoms with Crippen molar-refractivity contribution in [1.29, 1.82) is 0 Å². The summed E-state index contributed by atoms with van der Waals surface area (Å²) in [5.74, 6) is 1.74. The molecule has 2 heterocycles. The number of aromatic nitrogens is 3. The van der Waals surface area contributed by atoms with Crippen LogP contribution in [0.15, 0.2) is 6.33 Å². The highest BCUT2D eigenvalue weighted by atomic mass is 32.2. The van der Waals surface area contributed by atoms with E-state index in [4.69, 9.17) is 0 Å². The monoisotopic (exact) mass is 270 g/mol. The first-order valence-electron chi connectivity index (χ1n) is 6.13. The summed E-state index contributed by atoms with van der Waals surface area (Å²) >= 11 is 1.70. The zero-order chi connectivity index (χ0) is 13.0. The van der Waals surface area contributed by atoms with E-state index in [-0.39, 0.29) is 0 Å². The Kier molecular flexibility index (Phi) is 4.60. The molecule has 1 saturated heterocycles. The van der Waals surface area contributed by atoms with Gasteiger partial charge in [-0.1, -0.05) is 6.92 Å². The highest BCUT2D eigenvalue weighted by Crippen LogP contribution is 2.18. The largest absolute Gasteiger partial charge is 0.480 e. The van der Waals surface area contributed by atoms with Crippen LogP contribution in [0, 0.1) is 0 Å². The average molecular weight is 270 g/mol. The third-order valence-electron chi connectivity index (χ3n) is 3.00. The van der Waals surface area contributed by atoms with Crippen molar-refractivity contribution < 1.29 is 9.90 Å². The number of aliphatic carboxylic acids is 1. The lowest BCUT2D eigenvalue weighted by atomic mass is 10.2. The van der Waals surface area contributed by atoms with Gasteiger partial charge in [0.25, 0.3) is 0 Å². The maximum Gasteiger partial charge on any atom is 0.321 e. The third kappa shape index (κ3) is 3.02. The fourth-order valence-corrected chi connectivity index (χ4v) is 3.15. The summed E-state index contributed by atoms with van der Waals surface area (Å²) in [6.45, 7) is 4.27. The molecule has 1 fully saturated rings. The first-order valence-corrected chi connectivity index (χ1v) is 7.29. The molecule has 100 valence electrons. The Morgan fingerprint density at radius 2 is 2.50 bits per heavy atom. The average Bonchev–Trinajstić information content (AvgIpc) is 2.78. The molecule has 1 aliphatic rings. The van der Waals surface area contributed by atoms with E-state index in [1.54, 1.807) is 18.1 Å². The summed E-state index contributed by atoms with van der Waals surface area (Å²) in [7, 11) is 0. The zero-order valence-corrected chi connectivity index (χ0v) is 11.3. The van der Waals surface area contributed by atoms with Crippen LogP contribution in [-0.2, 0) is 17.9 Å². The van der Waals surface area contributed by atoms with Crippen molar-refractivity contribution in [1.82, 2.24) is 19.7 Å². The van der Waals surface area contributed by atoms with Gasteiger partial charge in [0.05, 0.1) is 6.54 Å². The van der Waals surface area contributed by atoms with E-state index in [2.05, 4.69) is 17.0 Å². The van der Waals surface area contributed by atoms with Crippen LogP contribution < -0.4 is 0 Å². The Hall–Kier alpha value is -1.08. The summed E-state index contributed by atoms with van der Waals surface area (Å²) in [5, 5.41) is 13.4. The number of rotatable bonds is 5. The van der Waals surface area contributed by atoms with Gasteiger partial charge in [-0.3, -0.25) is 9.69 Å².